The Labute approximate surface area is 149 Å². The second kappa shape index (κ2) is 7.42. The molecule has 136 valence electrons. The van der Waals surface area contributed by atoms with Crippen molar-refractivity contribution in [2.45, 2.75) is 72.0 Å². The highest BCUT2D eigenvalue weighted by Crippen LogP contribution is 2.22. The van der Waals surface area contributed by atoms with Gasteiger partial charge in [-0.1, -0.05) is 0 Å². The first-order chi connectivity index (χ1) is 11.9. The zero-order chi connectivity index (χ0) is 18.0. The number of rotatable bonds is 5. The number of likely N-dealkylation sites (tertiary alicyclic amines) is 1. The summed E-state index contributed by atoms with van der Waals surface area (Å²) < 4.78 is 3.94. The normalized spacial score (nSPS) is 19.2. The first-order valence-electron chi connectivity index (χ1n) is 9.25. The van der Waals surface area contributed by atoms with E-state index in [1.807, 2.05) is 36.3 Å². The number of carbonyl (C=O) groups excluding carboxylic acids is 1. The fraction of sp³-hybridized carbons (Fsp3) is 0.632. The summed E-state index contributed by atoms with van der Waals surface area (Å²) in [6, 6.07) is 2.38. The molecule has 2 aromatic heterocycles. The van der Waals surface area contributed by atoms with Crippen LogP contribution >= 0.6 is 0 Å². The molecule has 1 amide bonds. The van der Waals surface area contributed by atoms with Crippen molar-refractivity contribution in [3.63, 3.8) is 0 Å². The van der Waals surface area contributed by atoms with Crippen molar-refractivity contribution >= 4 is 5.91 Å². The summed E-state index contributed by atoms with van der Waals surface area (Å²) in [6.07, 6.45) is 7.75. The lowest BCUT2D eigenvalue weighted by molar-refractivity contribution is -0.136. The fourth-order valence-electron chi connectivity index (χ4n) is 3.85. The number of aromatic nitrogens is 4. The van der Waals surface area contributed by atoms with Gasteiger partial charge < -0.3 is 4.90 Å². The minimum atomic E-state index is 0.0794. The molecule has 0 N–H and O–H groups in total. The molecule has 1 aliphatic heterocycles. The Hall–Kier alpha value is -2.11. The van der Waals surface area contributed by atoms with Gasteiger partial charge in [-0.15, -0.1) is 0 Å². The van der Waals surface area contributed by atoms with Gasteiger partial charge in [0.25, 0.3) is 0 Å². The van der Waals surface area contributed by atoms with Crippen molar-refractivity contribution in [2.75, 3.05) is 6.54 Å². The predicted octanol–water partition coefficient (Wildman–Crippen LogP) is 3.04. The van der Waals surface area contributed by atoms with E-state index in [4.69, 9.17) is 0 Å². The number of amides is 1. The van der Waals surface area contributed by atoms with Gasteiger partial charge in [0.2, 0.25) is 5.91 Å². The second-order valence-electron chi connectivity index (χ2n) is 7.40. The summed E-state index contributed by atoms with van der Waals surface area (Å²) in [4.78, 5) is 15.0. The monoisotopic (exact) mass is 343 g/mol. The zero-order valence-electron chi connectivity index (χ0n) is 15.8. The molecule has 2 atom stereocenters. The smallest absolute Gasteiger partial charge is 0.225 e. The summed E-state index contributed by atoms with van der Waals surface area (Å²) in [5, 5.41) is 8.92. The van der Waals surface area contributed by atoms with E-state index in [2.05, 4.69) is 34.3 Å². The van der Waals surface area contributed by atoms with E-state index in [1.54, 1.807) is 0 Å². The molecular weight excluding hydrogens is 314 g/mol. The Morgan fingerprint density at radius 2 is 2.12 bits per heavy atom. The molecule has 1 saturated heterocycles. The van der Waals surface area contributed by atoms with Gasteiger partial charge in [0, 0.05) is 24.9 Å². The fourth-order valence-corrected chi connectivity index (χ4v) is 3.85. The van der Waals surface area contributed by atoms with Gasteiger partial charge in [-0.05, 0) is 58.6 Å². The number of carbonyl (C=O) groups is 1. The molecule has 0 bridgehead atoms. The Bertz CT molecular complexity index is 732. The standard InChI is InChI=1S/C19H29N5O/c1-14-11-20-22(12-14)13-18-7-5-6-8-23(18)19(25)10-17(4)24-16(3)9-15(2)21-24/h9,11-12,17-18H,5-8,10,13H2,1-4H3/t17-,18-/m0/s1. The van der Waals surface area contributed by atoms with Gasteiger partial charge in [-0.3, -0.25) is 14.2 Å². The minimum Gasteiger partial charge on any atom is -0.338 e. The third kappa shape index (κ3) is 4.11. The molecule has 0 radical (unpaired) electrons. The van der Waals surface area contributed by atoms with Crippen LogP contribution in [0.1, 0.15) is 55.6 Å². The van der Waals surface area contributed by atoms with E-state index >= 15 is 0 Å². The molecule has 2 aromatic rings. The summed E-state index contributed by atoms with van der Waals surface area (Å²) >= 11 is 0. The lowest BCUT2D eigenvalue weighted by atomic mass is 10.0. The zero-order valence-corrected chi connectivity index (χ0v) is 15.8. The van der Waals surface area contributed by atoms with Crippen molar-refractivity contribution in [3.05, 3.63) is 35.4 Å². The van der Waals surface area contributed by atoms with E-state index < -0.39 is 0 Å². The van der Waals surface area contributed by atoms with Crippen LogP contribution in [0.15, 0.2) is 18.5 Å². The van der Waals surface area contributed by atoms with Gasteiger partial charge in [0.1, 0.15) is 0 Å². The maximum atomic E-state index is 13.0. The van der Waals surface area contributed by atoms with E-state index in [0.29, 0.717) is 6.42 Å². The number of nitrogens with zero attached hydrogens (tertiary/aromatic N) is 5. The van der Waals surface area contributed by atoms with Crippen LogP contribution in [0.5, 0.6) is 0 Å². The molecular formula is C19H29N5O. The molecule has 0 unspecified atom stereocenters. The predicted molar refractivity (Wildman–Crippen MR) is 97.3 cm³/mol. The number of hydrogen-bond acceptors (Lipinski definition) is 3. The molecule has 3 heterocycles. The third-order valence-electron chi connectivity index (χ3n) is 5.04. The summed E-state index contributed by atoms with van der Waals surface area (Å²) in [5.41, 5.74) is 3.27. The molecule has 6 nitrogen and oxygen atoms in total. The molecule has 0 spiro atoms. The first kappa shape index (κ1) is 17.7. The van der Waals surface area contributed by atoms with Crippen LogP contribution in [0.2, 0.25) is 0 Å². The Morgan fingerprint density at radius 3 is 2.76 bits per heavy atom. The molecule has 0 aliphatic carbocycles. The molecule has 0 aromatic carbocycles. The lowest BCUT2D eigenvalue weighted by Gasteiger charge is -2.36. The van der Waals surface area contributed by atoms with Crippen molar-refractivity contribution in [1.82, 2.24) is 24.5 Å². The van der Waals surface area contributed by atoms with Crippen LogP contribution in [0, 0.1) is 20.8 Å². The van der Waals surface area contributed by atoms with Crippen LogP contribution < -0.4 is 0 Å². The van der Waals surface area contributed by atoms with Crippen molar-refractivity contribution in [2.24, 2.45) is 0 Å². The maximum Gasteiger partial charge on any atom is 0.225 e. The molecule has 25 heavy (non-hydrogen) atoms. The Kier molecular flexibility index (Phi) is 5.25. The molecule has 3 rings (SSSR count). The third-order valence-corrected chi connectivity index (χ3v) is 5.04. The van der Waals surface area contributed by atoms with Gasteiger partial charge in [0.05, 0.1) is 30.5 Å². The molecule has 1 aliphatic rings. The van der Waals surface area contributed by atoms with Crippen LogP contribution in [0.25, 0.3) is 0 Å². The maximum absolute atomic E-state index is 13.0. The van der Waals surface area contributed by atoms with Crippen LogP contribution in [0.3, 0.4) is 0 Å². The van der Waals surface area contributed by atoms with E-state index in [9.17, 15) is 4.79 Å². The minimum absolute atomic E-state index is 0.0794. The Morgan fingerprint density at radius 1 is 1.32 bits per heavy atom. The average molecular weight is 343 g/mol. The topological polar surface area (TPSA) is 56.0 Å². The average Bonchev–Trinajstić information content (AvgIpc) is 3.12. The largest absolute Gasteiger partial charge is 0.338 e. The van der Waals surface area contributed by atoms with Crippen molar-refractivity contribution in [3.8, 4) is 0 Å². The van der Waals surface area contributed by atoms with E-state index in [1.165, 1.54) is 6.42 Å². The second-order valence-corrected chi connectivity index (χ2v) is 7.40. The van der Waals surface area contributed by atoms with E-state index in [-0.39, 0.29) is 18.0 Å². The van der Waals surface area contributed by atoms with Crippen LogP contribution in [-0.4, -0.2) is 43.0 Å². The van der Waals surface area contributed by atoms with Gasteiger partial charge in [0.15, 0.2) is 0 Å². The van der Waals surface area contributed by atoms with Gasteiger partial charge in [-0.2, -0.15) is 10.2 Å². The first-order valence-corrected chi connectivity index (χ1v) is 9.25. The van der Waals surface area contributed by atoms with Gasteiger partial charge in [-0.25, -0.2) is 0 Å². The van der Waals surface area contributed by atoms with Crippen LogP contribution in [-0.2, 0) is 11.3 Å². The summed E-state index contributed by atoms with van der Waals surface area (Å²) in [6.45, 7) is 9.80. The van der Waals surface area contributed by atoms with Gasteiger partial charge >= 0.3 is 0 Å². The Balaban J connectivity index is 1.67. The highest BCUT2D eigenvalue weighted by Gasteiger charge is 2.28. The molecule has 6 heteroatoms. The number of hydrogen-bond donors (Lipinski definition) is 0. The molecule has 1 fully saturated rings. The SMILES string of the molecule is Cc1cnn(C[C@@H]2CCCCN2C(=O)C[C@H](C)n2nc(C)cc2C)c1. The highest BCUT2D eigenvalue weighted by molar-refractivity contribution is 5.77. The van der Waals surface area contributed by atoms with Crippen molar-refractivity contribution in [1.29, 1.82) is 0 Å². The van der Waals surface area contributed by atoms with Crippen LogP contribution in [0.4, 0.5) is 0 Å². The highest BCUT2D eigenvalue weighted by atomic mass is 16.2. The number of piperidine rings is 1. The summed E-state index contributed by atoms with van der Waals surface area (Å²) in [5.74, 6) is 0.230. The number of aryl methyl sites for hydroxylation is 3. The lowest BCUT2D eigenvalue weighted by Crippen LogP contribution is -2.46. The summed E-state index contributed by atoms with van der Waals surface area (Å²) in [7, 11) is 0. The molecule has 0 saturated carbocycles. The van der Waals surface area contributed by atoms with Crippen molar-refractivity contribution < 1.29 is 4.79 Å². The van der Waals surface area contributed by atoms with E-state index in [0.717, 1.165) is 42.9 Å². The quantitative estimate of drug-likeness (QED) is 0.838.